The second-order valence-electron chi connectivity index (χ2n) is 10.5. The van der Waals surface area contributed by atoms with Crippen LogP contribution in [0.25, 0.3) is 10.9 Å². The molecule has 0 saturated heterocycles. The number of carbonyl (C=O) groups is 1. The van der Waals surface area contributed by atoms with Crippen molar-refractivity contribution in [2.45, 2.75) is 50.1 Å². The summed E-state index contributed by atoms with van der Waals surface area (Å²) in [6, 6.07) is 17.1. The fourth-order valence-electron chi connectivity index (χ4n) is 4.07. The first kappa shape index (κ1) is 40.7. The Bertz CT molecular complexity index is 1900. The number of para-hydroxylation sites is 1. The molecule has 4 rings (SSSR count). The van der Waals surface area contributed by atoms with E-state index < -0.39 is 58.6 Å². The number of ether oxygens (including phenoxy) is 2. The molecule has 0 aliphatic heterocycles. The first-order chi connectivity index (χ1) is 23.5. The van der Waals surface area contributed by atoms with E-state index >= 15 is 0 Å². The number of carboxylic acids is 1. The Morgan fingerprint density at radius 3 is 1.86 bits per heavy atom. The third-order valence-corrected chi connectivity index (χ3v) is 7.89. The van der Waals surface area contributed by atoms with Crippen LogP contribution in [0.4, 0.5) is 51.3 Å². The molecule has 0 amide bonds. The number of nitrogens with zero attached hydrogens (tertiary/aromatic N) is 3. The molecule has 1 heterocycles. The van der Waals surface area contributed by atoms with E-state index in [0.717, 1.165) is 40.5 Å². The summed E-state index contributed by atoms with van der Waals surface area (Å²) >= 11 is 0. The molecule has 278 valence electrons. The minimum Gasteiger partial charge on any atom is -0.475 e. The van der Waals surface area contributed by atoms with E-state index in [9.17, 15) is 47.9 Å². The van der Waals surface area contributed by atoms with Gasteiger partial charge in [0.25, 0.3) is 0 Å². The highest BCUT2D eigenvalue weighted by Crippen LogP contribution is 2.27. The van der Waals surface area contributed by atoms with Crippen LogP contribution in [0, 0.1) is 0 Å². The Kier molecular flexibility index (Phi) is 13.2. The maximum absolute atomic E-state index is 13.1. The number of alkyl halides is 9. The highest BCUT2D eigenvalue weighted by atomic mass is 32.2. The number of aliphatic carboxylic acids is 1. The number of hydrogen-bond donors (Lipinski definition) is 3. The maximum atomic E-state index is 13.1. The van der Waals surface area contributed by atoms with Gasteiger partial charge in [-0.1, -0.05) is 48.5 Å². The molecule has 0 spiro atoms. The number of aromatic nitrogens is 2. The van der Waals surface area contributed by atoms with E-state index in [2.05, 4.69) is 29.5 Å². The predicted octanol–water partition coefficient (Wildman–Crippen LogP) is 6.49. The van der Waals surface area contributed by atoms with Gasteiger partial charge >= 0.3 is 24.9 Å². The molecule has 0 aliphatic carbocycles. The van der Waals surface area contributed by atoms with Crippen molar-refractivity contribution in [3.8, 4) is 0 Å². The molecule has 0 fully saturated rings. The van der Waals surface area contributed by atoms with Crippen LogP contribution in [0.2, 0.25) is 0 Å². The summed E-state index contributed by atoms with van der Waals surface area (Å²) < 4.78 is 143. The summed E-state index contributed by atoms with van der Waals surface area (Å²) in [7, 11) is -0.732. The van der Waals surface area contributed by atoms with E-state index in [4.69, 9.17) is 9.90 Å². The van der Waals surface area contributed by atoms with Crippen LogP contribution in [-0.2, 0) is 50.6 Å². The van der Waals surface area contributed by atoms with Crippen LogP contribution in [0.3, 0.4) is 0 Å². The molecule has 0 atom stereocenters. The van der Waals surface area contributed by atoms with Crippen LogP contribution >= 0.6 is 0 Å². The van der Waals surface area contributed by atoms with Gasteiger partial charge in [-0.25, -0.2) is 22.9 Å². The number of benzene rings is 3. The zero-order valence-electron chi connectivity index (χ0n) is 26.3. The lowest BCUT2D eigenvalue weighted by Crippen LogP contribution is -2.25. The normalized spacial score (nSPS) is 12.3. The average Bonchev–Trinajstić information content (AvgIpc) is 3.04. The largest absolute Gasteiger partial charge is 0.522 e. The number of anilines is 2. The molecule has 0 unspecified atom stereocenters. The highest BCUT2D eigenvalue weighted by molar-refractivity contribution is 7.89. The van der Waals surface area contributed by atoms with Crippen LogP contribution in [0.5, 0.6) is 0 Å². The van der Waals surface area contributed by atoms with Crippen molar-refractivity contribution in [1.29, 1.82) is 0 Å². The van der Waals surface area contributed by atoms with Crippen molar-refractivity contribution in [3.63, 3.8) is 0 Å². The molecular weight excluding hydrogens is 729 g/mol. The zero-order chi connectivity index (χ0) is 38.2. The van der Waals surface area contributed by atoms with Gasteiger partial charge in [0.1, 0.15) is 5.82 Å². The zero-order valence-corrected chi connectivity index (χ0v) is 27.1. The van der Waals surface area contributed by atoms with Gasteiger partial charge in [-0.3, -0.25) is 9.47 Å². The fraction of sp³-hybridized carbons (Fsp3) is 0.300. The van der Waals surface area contributed by atoms with Crippen molar-refractivity contribution in [1.82, 2.24) is 14.7 Å². The lowest BCUT2D eigenvalue weighted by atomic mass is 10.1. The summed E-state index contributed by atoms with van der Waals surface area (Å²) in [6.07, 6.45) is -15.1. The van der Waals surface area contributed by atoms with Crippen LogP contribution in [-0.4, -0.2) is 62.5 Å². The van der Waals surface area contributed by atoms with E-state index in [1.54, 1.807) is 24.3 Å². The minimum atomic E-state index is -5.08. The van der Waals surface area contributed by atoms with Gasteiger partial charge in [0.2, 0.25) is 16.0 Å². The van der Waals surface area contributed by atoms with Crippen LogP contribution in [0.1, 0.15) is 22.3 Å². The van der Waals surface area contributed by atoms with E-state index in [-0.39, 0.29) is 12.1 Å². The minimum absolute atomic E-state index is 0.219. The van der Waals surface area contributed by atoms with Crippen molar-refractivity contribution in [2.24, 2.45) is 0 Å². The third-order valence-electron chi connectivity index (χ3n) is 6.40. The van der Waals surface area contributed by atoms with Gasteiger partial charge < -0.3 is 15.3 Å². The van der Waals surface area contributed by atoms with Gasteiger partial charge in [0, 0.05) is 32.6 Å². The Labute approximate surface area is 284 Å². The van der Waals surface area contributed by atoms with E-state index in [1.165, 1.54) is 0 Å². The maximum Gasteiger partial charge on any atom is 0.522 e. The SMILES string of the molecule is CN(C)c1nc(NCc2ccc(CNS(=O)(=O)c3cc(COC(F)(F)F)ccc3COC(F)(F)F)cc2)nc2ccccc12.O=C(O)C(F)(F)F. The molecule has 0 radical (unpaired) electrons. The van der Waals surface area contributed by atoms with Crippen molar-refractivity contribution >= 4 is 38.7 Å². The van der Waals surface area contributed by atoms with Crippen LogP contribution < -0.4 is 14.9 Å². The number of fused-ring (bicyclic) bond motifs is 1. The van der Waals surface area contributed by atoms with Gasteiger partial charge in [-0.2, -0.15) is 18.2 Å². The smallest absolute Gasteiger partial charge is 0.475 e. The monoisotopic (exact) mass is 757 g/mol. The lowest BCUT2D eigenvalue weighted by Gasteiger charge is -2.16. The van der Waals surface area contributed by atoms with Gasteiger partial charge in [-0.05, 0) is 40.5 Å². The number of halogens is 9. The predicted molar refractivity (Wildman–Crippen MR) is 163 cm³/mol. The quantitative estimate of drug-likeness (QED) is 0.137. The molecule has 1 aromatic heterocycles. The highest BCUT2D eigenvalue weighted by Gasteiger charge is 2.38. The van der Waals surface area contributed by atoms with Gasteiger partial charge in [0.05, 0.1) is 23.6 Å². The first-order valence-corrected chi connectivity index (χ1v) is 15.6. The molecule has 51 heavy (non-hydrogen) atoms. The molecule has 3 aromatic carbocycles. The third kappa shape index (κ3) is 13.2. The van der Waals surface area contributed by atoms with E-state index in [1.807, 2.05) is 43.3 Å². The molecule has 21 heteroatoms. The average molecular weight is 758 g/mol. The van der Waals surface area contributed by atoms with Gasteiger partial charge in [0.15, 0.2) is 0 Å². The standard InChI is InChI=1S/C28H27F6N5O4S.C2HF3O2/c1-39(2)25-22-5-3-4-6-23(22)37-26(38-25)35-14-18-7-9-19(10-8-18)15-36-44(40,41)24-13-20(16-42-27(29,30)31)11-12-21(24)17-43-28(32,33)34;3-2(4,5)1(6)7/h3-13,36H,14-17H2,1-2H3,(H,35,37,38);(H,6,7). The summed E-state index contributed by atoms with van der Waals surface area (Å²) in [5, 5.41) is 11.2. The second kappa shape index (κ2) is 16.5. The second-order valence-corrected chi connectivity index (χ2v) is 12.2. The summed E-state index contributed by atoms with van der Waals surface area (Å²) in [5.41, 5.74) is 1.48. The molecule has 0 bridgehead atoms. The van der Waals surface area contributed by atoms with Crippen LogP contribution in [0.15, 0.2) is 71.6 Å². The van der Waals surface area contributed by atoms with E-state index in [0.29, 0.717) is 18.1 Å². The Hall–Kier alpha value is -4.73. The molecule has 0 aliphatic rings. The van der Waals surface area contributed by atoms with Crippen molar-refractivity contribution in [2.75, 3.05) is 24.3 Å². The summed E-state index contributed by atoms with van der Waals surface area (Å²) in [5.74, 6) is -1.60. The number of nitrogens with one attached hydrogen (secondary N) is 2. The number of rotatable bonds is 12. The molecule has 0 saturated carbocycles. The fourth-order valence-corrected chi connectivity index (χ4v) is 5.37. The first-order valence-electron chi connectivity index (χ1n) is 14.1. The summed E-state index contributed by atoms with van der Waals surface area (Å²) in [6.45, 7) is -2.10. The molecule has 3 N–H and O–H groups in total. The number of hydrogen-bond acceptors (Lipinski definition) is 9. The number of carboxylic acid groups (broad SMARTS) is 1. The van der Waals surface area contributed by atoms with Crippen molar-refractivity contribution in [3.05, 3.63) is 89.0 Å². The Morgan fingerprint density at radius 2 is 1.31 bits per heavy atom. The summed E-state index contributed by atoms with van der Waals surface area (Å²) in [4.78, 5) is 19.2. The lowest BCUT2D eigenvalue weighted by molar-refractivity contribution is -0.331. The Morgan fingerprint density at radius 1 is 0.784 bits per heavy atom. The molecule has 11 nitrogen and oxygen atoms in total. The topological polar surface area (TPSA) is 143 Å². The molecule has 4 aromatic rings. The Balaban J connectivity index is 0.000000908. The van der Waals surface area contributed by atoms with Crippen molar-refractivity contribution < 1.29 is 67.3 Å². The number of sulfonamides is 1. The van der Waals surface area contributed by atoms with Gasteiger partial charge in [-0.15, -0.1) is 26.3 Å². The molecular formula is C30H28F9N5O6S.